The number of carbonyl (C=O) groups excluding carboxylic acids is 2. The molecule has 0 aromatic carbocycles. The molecule has 0 saturated carbocycles. The fourth-order valence-electron chi connectivity index (χ4n) is 7.83. The van der Waals surface area contributed by atoms with E-state index in [-0.39, 0.29) is 31.5 Å². The molecule has 396 valence electrons. The van der Waals surface area contributed by atoms with Crippen LogP contribution < -0.4 is 5.32 Å². The van der Waals surface area contributed by atoms with Gasteiger partial charge in [0.1, 0.15) is 19.3 Å². The van der Waals surface area contributed by atoms with E-state index >= 15 is 0 Å². The van der Waals surface area contributed by atoms with Crippen LogP contribution in [0, 0.1) is 0 Å². The van der Waals surface area contributed by atoms with E-state index in [0.717, 1.165) is 96.3 Å². The molecule has 3 atom stereocenters. The maximum absolute atomic E-state index is 13.5. The third kappa shape index (κ3) is 48.7. The number of nitrogens with zero attached hydrogens (tertiary/aromatic N) is 1. The Morgan fingerprint density at radius 1 is 0.529 bits per heavy atom. The summed E-state index contributed by atoms with van der Waals surface area (Å²) in [6, 6.07) is -0.860. The molecule has 0 fully saturated rings. The summed E-state index contributed by atoms with van der Waals surface area (Å²) >= 11 is 0. The molecule has 9 nitrogen and oxygen atoms in total. The van der Waals surface area contributed by atoms with Crippen molar-refractivity contribution in [1.29, 1.82) is 0 Å². The molecule has 0 saturated heterocycles. The lowest BCUT2D eigenvalue weighted by atomic mass is 10.0. The first-order valence-electron chi connectivity index (χ1n) is 28.1. The van der Waals surface area contributed by atoms with Gasteiger partial charge in [0.15, 0.2) is 0 Å². The van der Waals surface area contributed by atoms with Gasteiger partial charge >= 0.3 is 13.8 Å². The number of phosphoric ester groups is 1. The minimum absolute atomic E-state index is 0.0339. The Morgan fingerprint density at radius 2 is 0.941 bits per heavy atom. The lowest BCUT2D eigenvalue weighted by molar-refractivity contribution is -0.870. The second-order valence-corrected chi connectivity index (χ2v) is 21.5. The van der Waals surface area contributed by atoms with Crippen molar-refractivity contribution in [3.8, 4) is 0 Å². The van der Waals surface area contributed by atoms with Gasteiger partial charge in [0.05, 0.1) is 33.8 Å². The van der Waals surface area contributed by atoms with Crippen LogP contribution in [0.1, 0.15) is 245 Å². The molecule has 2 N–H and O–H groups in total. The molecule has 68 heavy (non-hydrogen) atoms. The van der Waals surface area contributed by atoms with Gasteiger partial charge in [0.25, 0.3) is 0 Å². The van der Waals surface area contributed by atoms with Crippen LogP contribution in [0.2, 0.25) is 0 Å². The summed E-state index contributed by atoms with van der Waals surface area (Å²) in [7, 11) is 1.48. The van der Waals surface area contributed by atoms with Gasteiger partial charge in [-0.15, -0.1) is 0 Å². The molecule has 0 radical (unpaired) electrons. The Morgan fingerprint density at radius 3 is 1.44 bits per heavy atom. The number of nitrogens with one attached hydrogen (secondary N) is 1. The maximum Gasteiger partial charge on any atom is 0.472 e. The molecule has 0 spiro atoms. The number of amides is 1. The number of rotatable bonds is 50. The van der Waals surface area contributed by atoms with E-state index in [1.54, 1.807) is 0 Å². The monoisotopic (exact) mass is 976 g/mol. The summed E-state index contributed by atoms with van der Waals surface area (Å²) in [5.74, 6) is -0.538. The second kappa shape index (κ2) is 48.3. The number of hydrogen-bond acceptors (Lipinski definition) is 6. The first kappa shape index (κ1) is 65.7. The molecule has 1 amide bonds. The Bertz CT molecular complexity index is 1350. The van der Waals surface area contributed by atoms with Crippen LogP contribution in [0.5, 0.6) is 0 Å². The normalized spacial score (nSPS) is 14.3. The highest BCUT2D eigenvalue weighted by atomic mass is 31.2. The number of unbranched alkanes of at least 4 members (excludes halogenated alkanes) is 26. The van der Waals surface area contributed by atoms with Gasteiger partial charge in [0, 0.05) is 12.8 Å². The van der Waals surface area contributed by atoms with E-state index in [2.05, 4.69) is 74.7 Å². The van der Waals surface area contributed by atoms with Crippen LogP contribution in [-0.2, 0) is 27.9 Å². The van der Waals surface area contributed by atoms with Gasteiger partial charge in [-0.2, -0.15) is 0 Å². The van der Waals surface area contributed by atoms with Crippen molar-refractivity contribution in [3.63, 3.8) is 0 Å². The zero-order valence-corrected chi connectivity index (χ0v) is 46.0. The van der Waals surface area contributed by atoms with E-state index < -0.39 is 20.0 Å². The van der Waals surface area contributed by atoms with Crippen LogP contribution in [0.15, 0.2) is 60.8 Å². The molecule has 0 aromatic rings. The SMILES string of the molecule is CC/C=C/C/C=C/C/C=C/CCCCCCCCC(=O)NC(COP(=O)(O)OCC[N+](C)(C)C)C(/C=C/CCCCCCCCCCCCC)OC(=O)CCCCC/C=C\CCCCCCCC. The van der Waals surface area contributed by atoms with Crippen LogP contribution in [0.3, 0.4) is 0 Å². The maximum atomic E-state index is 13.5. The molecule has 0 bridgehead atoms. The van der Waals surface area contributed by atoms with Gasteiger partial charge in [-0.05, 0) is 89.5 Å². The quantitative estimate of drug-likeness (QED) is 0.0205. The Labute approximate surface area is 420 Å². The predicted octanol–water partition coefficient (Wildman–Crippen LogP) is 16.7. The van der Waals surface area contributed by atoms with Crippen LogP contribution in [0.25, 0.3) is 0 Å². The van der Waals surface area contributed by atoms with Gasteiger partial charge in [-0.25, -0.2) is 4.57 Å². The summed E-state index contributed by atoms with van der Waals surface area (Å²) in [5.41, 5.74) is 0. The Balaban J connectivity index is 5.43. The topological polar surface area (TPSA) is 111 Å². The number of quaternary nitrogens is 1. The highest BCUT2D eigenvalue weighted by Crippen LogP contribution is 2.43. The minimum Gasteiger partial charge on any atom is -0.456 e. The zero-order valence-electron chi connectivity index (χ0n) is 45.1. The van der Waals surface area contributed by atoms with Crippen molar-refractivity contribution in [2.75, 3.05) is 40.9 Å². The van der Waals surface area contributed by atoms with Gasteiger partial charge in [0.2, 0.25) is 5.91 Å². The average molecular weight is 976 g/mol. The molecule has 3 unspecified atom stereocenters. The van der Waals surface area contributed by atoms with E-state index in [9.17, 15) is 19.0 Å². The molecular weight excluding hydrogens is 868 g/mol. The number of allylic oxidation sites excluding steroid dienone is 9. The first-order chi connectivity index (χ1) is 32.9. The molecule has 0 aromatic heterocycles. The number of hydrogen-bond donors (Lipinski definition) is 2. The number of ether oxygens (including phenoxy) is 1. The van der Waals surface area contributed by atoms with E-state index in [1.165, 1.54) is 109 Å². The van der Waals surface area contributed by atoms with Crippen molar-refractivity contribution in [3.05, 3.63) is 60.8 Å². The van der Waals surface area contributed by atoms with Crippen molar-refractivity contribution in [1.82, 2.24) is 5.32 Å². The fraction of sp³-hybridized carbons (Fsp3) is 0.793. The molecule has 0 aliphatic rings. The number of esters is 1. The van der Waals surface area contributed by atoms with Crippen molar-refractivity contribution >= 4 is 19.7 Å². The molecular formula is C58H108N2O7P+. The van der Waals surface area contributed by atoms with Crippen LogP contribution >= 0.6 is 7.82 Å². The molecule has 0 heterocycles. The van der Waals surface area contributed by atoms with E-state index in [4.69, 9.17) is 13.8 Å². The standard InChI is InChI=1S/C58H107N2O7P/c1-7-10-13-16-19-22-25-28-29-30-33-35-38-41-44-47-50-57(61)59-55(54-66-68(63,64)65-53-52-60(4,5)6)56(49-46-43-40-37-34-31-26-23-20-17-14-11-8-2)67-58(62)51-48-45-42-39-36-32-27-24-21-18-15-12-9-3/h10,13,19,22,28-29,32,36,46,49,55-56H,7-9,11-12,14-18,20-21,23-27,30-31,33-35,37-45,47-48,50-54H2,1-6H3,(H-,59,61,63,64)/p+1/b13-10+,22-19+,29-28+,36-32-,49-46+. The Hall–Kier alpha value is -2.29. The number of phosphoric acid groups is 1. The Kier molecular flexibility index (Phi) is 46.7. The van der Waals surface area contributed by atoms with E-state index in [1.807, 2.05) is 33.3 Å². The zero-order chi connectivity index (χ0) is 50.1. The largest absolute Gasteiger partial charge is 0.472 e. The predicted molar refractivity (Wildman–Crippen MR) is 291 cm³/mol. The van der Waals surface area contributed by atoms with Gasteiger partial charge in [-0.3, -0.25) is 18.6 Å². The summed E-state index contributed by atoms with van der Waals surface area (Å²) in [6.07, 6.45) is 59.2. The van der Waals surface area contributed by atoms with Crippen molar-refractivity contribution < 1.29 is 37.3 Å². The van der Waals surface area contributed by atoms with Crippen molar-refractivity contribution in [2.45, 2.75) is 258 Å². The molecule has 0 aliphatic carbocycles. The minimum atomic E-state index is -4.45. The second-order valence-electron chi connectivity index (χ2n) is 20.1. The first-order valence-corrected chi connectivity index (χ1v) is 29.6. The summed E-state index contributed by atoms with van der Waals surface area (Å²) in [6.45, 7) is 6.87. The van der Waals surface area contributed by atoms with Gasteiger partial charge < -0.3 is 19.4 Å². The smallest absolute Gasteiger partial charge is 0.456 e. The van der Waals surface area contributed by atoms with Crippen molar-refractivity contribution in [2.24, 2.45) is 0 Å². The van der Waals surface area contributed by atoms with Crippen LogP contribution in [0.4, 0.5) is 0 Å². The van der Waals surface area contributed by atoms with Gasteiger partial charge in [-0.1, -0.05) is 204 Å². The van der Waals surface area contributed by atoms with Crippen LogP contribution in [-0.4, -0.2) is 74.3 Å². The molecule has 0 rings (SSSR count). The highest BCUT2D eigenvalue weighted by molar-refractivity contribution is 7.47. The third-order valence-electron chi connectivity index (χ3n) is 12.2. The average Bonchev–Trinajstić information content (AvgIpc) is 3.29. The molecule has 0 aliphatic heterocycles. The number of likely N-dealkylation sites (N-methyl/N-ethyl adjacent to an activating group) is 1. The summed E-state index contributed by atoms with van der Waals surface area (Å²) < 4.78 is 30.6. The molecule has 10 heteroatoms. The lowest BCUT2D eigenvalue weighted by Gasteiger charge is -2.27. The van der Waals surface area contributed by atoms with E-state index in [0.29, 0.717) is 23.9 Å². The summed E-state index contributed by atoms with van der Waals surface area (Å²) in [5, 5.41) is 3.04. The number of carbonyl (C=O) groups is 2. The fourth-order valence-corrected chi connectivity index (χ4v) is 8.57. The highest BCUT2D eigenvalue weighted by Gasteiger charge is 2.30. The summed E-state index contributed by atoms with van der Waals surface area (Å²) in [4.78, 5) is 37.5. The third-order valence-corrected chi connectivity index (χ3v) is 13.2. The lowest BCUT2D eigenvalue weighted by Crippen LogP contribution is -2.47.